The van der Waals surface area contributed by atoms with E-state index >= 15 is 0 Å². The number of benzene rings is 5. The Balaban J connectivity index is 1.41. The number of hydrogen-bond acceptors (Lipinski definition) is 5. The van der Waals surface area contributed by atoms with E-state index in [4.69, 9.17) is 14.4 Å². The number of rotatable bonds is 4. The standard InChI is InChI=1S/C39H23N3OS/c1-3-12-24(13-4-1)26-22-29(25-14-5-2-6-15-25)37-30(23-26)34-28(17-11-19-32(34)43-37)36-38-35(27-16-7-8-20-33(27)44-38)41-39(42-36)31-18-9-10-21-40-31/h1-23H. The van der Waals surface area contributed by atoms with Crippen LogP contribution >= 0.6 is 11.3 Å². The van der Waals surface area contributed by atoms with Gasteiger partial charge in [0.1, 0.15) is 16.9 Å². The molecule has 5 heteroatoms. The van der Waals surface area contributed by atoms with E-state index in [0.29, 0.717) is 5.82 Å². The molecule has 0 saturated carbocycles. The Morgan fingerprint density at radius 3 is 2.16 bits per heavy atom. The average Bonchev–Trinajstić information content (AvgIpc) is 3.67. The van der Waals surface area contributed by atoms with Gasteiger partial charge in [-0.15, -0.1) is 11.3 Å². The Kier molecular flexibility index (Phi) is 5.64. The van der Waals surface area contributed by atoms with Gasteiger partial charge in [0.05, 0.1) is 15.9 Å². The summed E-state index contributed by atoms with van der Waals surface area (Å²) in [5.41, 5.74) is 9.75. The van der Waals surface area contributed by atoms with Crippen LogP contribution in [0.25, 0.3) is 87.3 Å². The first-order valence-electron chi connectivity index (χ1n) is 14.5. The van der Waals surface area contributed by atoms with Crippen molar-refractivity contribution in [3.05, 3.63) is 140 Å². The second kappa shape index (κ2) is 9.97. The molecule has 4 aromatic heterocycles. The van der Waals surface area contributed by atoms with Crippen LogP contribution in [-0.4, -0.2) is 15.0 Å². The summed E-state index contributed by atoms with van der Waals surface area (Å²) in [6, 6.07) is 46.0. The number of furan rings is 1. The minimum atomic E-state index is 0.608. The van der Waals surface area contributed by atoms with Gasteiger partial charge in [-0.3, -0.25) is 4.98 Å². The first kappa shape index (κ1) is 24.9. The maximum Gasteiger partial charge on any atom is 0.179 e. The fourth-order valence-electron chi connectivity index (χ4n) is 6.14. The second-order valence-electron chi connectivity index (χ2n) is 10.8. The van der Waals surface area contributed by atoms with E-state index in [1.807, 2.05) is 24.3 Å². The minimum absolute atomic E-state index is 0.608. The van der Waals surface area contributed by atoms with E-state index in [-0.39, 0.29) is 0 Å². The monoisotopic (exact) mass is 581 g/mol. The second-order valence-corrected chi connectivity index (χ2v) is 11.9. The van der Waals surface area contributed by atoms with Crippen LogP contribution in [0.1, 0.15) is 0 Å². The van der Waals surface area contributed by atoms with Crippen molar-refractivity contribution in [3.8, 4) is 45.0 Å². The van der Waals surface area contributed by atoms with Gasteiger partial charge < -0.3 is 4.42 Å². The fraction of sp³-hybridized carbons (Fsp3) is 0. The Morgan fingerprint density at radius 2 is 1.34 bits per heavy atom. The molecule has 206 valence electrons. The van der Waals surface area contributed by atoms with Gasteiger partial charge in [-0.2, -0.15) is 0 Å². The highest BCUT2D eigenvalue weighted by Crippen LogP contribution is 2.45. The summed E-state index contributed by atoms with van der Waals surface area (Å²) in [5.74, 6) is 0.608. The number of nitrogens with zero attached hydrogens (tertiary/aromatic N) is 3. The van der Waals surface area contributed by atoms with Gasteiger partial charge in [-0.1, -0.05) is 97.1 Å². The zero-order chi connectivity index (χ0) is 29.0. The summed E-state index contributed by atoms with van der Waals surface area (Å²) in [7, 11) is 0. The predicted octanol–water partition coefficient (Wildman–Crippen LogP) is 10.8. The van der Waals surface area contributed by atoms with E-state index in [2.05, 4.69) is 114 Å². The van der Waals surface area contributed by atoms with Gasteiger partial charge in [0.15, 0.2) is 5.82 Å². The molecule has 0 radical (unpaired) electrons. The van der Waals surface area contributed by atoms with Gasteiger partial charge in [0, 0.05) is 38.2 Å². The van der Waals surface area contributed by atoms with Crippen molar-refractivity contribution in [2.24, 2.45) is 0 Å². The molecule has 0 aliphatic heterocycles. The van der Waals surface area contributed by atoms with Crippen LogP contribution in [0.15, 0.2) is 144 Å². The summed E-state index contributed by atoms with van der Waals surface area (Å²) < 4.78 is 8.95. The number of pyridine rings is 1. The molecule has 44 heavy (non-hydrogen) atoms. The van der Waals surface area contributed by atoms with Gasteiger partial charge >= 0.3 is 0 Å². The highest BCUT2D eigenvalue weighted by Gasteiger charge is 2.22. The molecule has 9 rings (SSSR count). The third kappa shape index (κ3) is 3.94. The van der Waals surface area contributed by atoms with E-state index in [1.54, 1.807) is 17.5 Å². The normalized spacial score (nSPS) is 11.6. The summed E-state index contributed by atoms with van der Waals surface area (Å²) in [5, 5.41) is 3.22. The van der Waals surface area contributed by atoms with Crippen molar-refractivity contribution in [2.45, 2.75) is 0 Å². The van der Waals surface area contributed by atoms with E-state index < -0.39 is 0 Å². The molecule has 0 atom stereocenters. The van der Waals surface area contributed by atoms with Crippen LogP contribution in [0.5, 0.6) is 0 Å². The van der Waals surface area contributed by atoms with Gasteiger partial charge in [0.2, 0.25) is 0 Å². The zero-order valence-corrected chi connectivity index (χ0v) is 24.3. The highest BCUT2D eigenvalue weighted by molar-refractivity contribution is 7.26. The molecule has 0 saturated heterocycles. The largest absolute Gasteiger partial charge is 0.455 e. The lowest BCUT2D eigenvalue weighted by Gasteiger charge is -2.10. The molecule has 4 heterocycles. The van der Waals surface area contributed by atoms with Crippen molar-refractivity contribution in [1.29, 1.82) is 0 Å². The molecule has 5 aromatic carbocycles. The molecule has 0 bridgehead atoms. The van der Waals surface area contributed by atoms with Gasteiger partial charge in [-0.25, -0.2) is 9.97 Å². The first-order valence-corrected chi connectivity index (χ1v) is 15.3. The van der Waals surface area contributed by atoms with Crippen LogP contribution < -0.4 is 0 Å². The Labute approximate surface area is 256 Å². The Hall–Kier alpha value is -5.65. The summed E-state index contributed by atoms with van der Waals surface area (Å²) >= 11 is 1.73. The maximum absolute atomic E-state index is 6.72. The molecule has 0 fully saturated rings. The molecular formula is C39H23N3OS. The maximum atomic E-state index is 6.72. The van der Waals surface area contributed by atoms with E-state index in [9.17, 15) is 0 Å². The number of thiophene rings is 1. The Morgan fingerprint density at radius 1 is 0.568 bits per heavy atom. The lowest BCUT2D eigenvalue weighted by molar-refractivity contribution is 0.670. The van der Waals surface area contributed by atoms with Crippen molar-refractivity contribution in [2.75, 3.05) is 0 Å². The summed E-state index contributed by atoms with van der Waals surface area (Å²) in [4.78, 5) is 14.9. The van der Waals surface area contributed by atoms with Crippen LogP contribution in [0, 0.1) is 0 Å². The molecule has 0 N–H and O–H groups in total. The van der Waals surface area contributed by atoms with Crippen LogP contribution in [-0.2, 0) is 0 Å². The molecule has 0 aliphatic carbocycles. The average molecular weight is 582 g/mol. The molecular weight excluding hydrogens is 559 g/mol. The smallest absolute Gasteiger partial charge is 0.179 e. The van der Waals surface area contributed by atoms with Crippen LogP contribution in [0.2, 0.25) is 0 Å². The van der Waals surface area contributed by atoms with Crippen molar-refractivity contribution >= 4 is 53.6 Å². The molecule has 0 amide bonds. The lowest BCUT2D eigenvalue weighted by atomic mass is 9.94. The quantitative estimate of drug-likeness (QED) is 0.207. The summed E-state index contributed by atoms with van der Waals surface area (Å²) in [6.45, 7) is 0. The van der Waals surface area contributed by atoms with Crippen LogP contribution in [0.3, 0.4) is 0 Å². The number of hydrogen-bond donors (Lipinski definition) is 0. The molecule has 0 aliphatic rings. The predicted molar refractivity (Wildman–Crippen MR) is 182 cm³/mol. The number of aromatic nitrogens is 3. The zero-order valence-electron chi connectivity index (χ0n) is 23.4. The lowest BCUT2D eigenvalue weighted by Crippen LogP contribution is -1.95. The van der Waals surface area contributed by atoms with E-state index in [1.165, 1.54) is 4.70 Å². The van der Waals surface area contributed by atoms with Crippen molar-refractivity contribution in [3.63, 3.8) is 0 Å². The van der Waals surface area contributed by atoms with Gasteiger partial charge in [-0.05, 0) is 53.1 Å². The minimum Gasteiger partial charge on any atom is -0.455 e. The van der Waals surface area contributed by atoms with Gasteiger partial charge in [0.25, 0.3) is 0 Å². The summed E-state index contributed by atoms with van der Waals surface area (Å²) in [6.07, 6.45) is 1.79. The molecule has 4 nitrogen and oxygen atoms in total. The molecule has 0 unspecified atom stereocenters. The first-order chi connectivity index (χ1) is 21.8. The Bertz CT molecular complexity index is 2480. The third-order valence-electron chi connectivity index (χ3n) is 8.16. The molecule has 9 aromatic rings. The van der Waals surface area contributed by atoms with Crippen molar-refractivity contribution < 1.29 is 4.42 Å². The topological polar surface area (TPSA) is 51.8 Å². The third-order valence-corrected chi connectivity index (χ3v) is 9.32. The van der Waals surface area contributed by atoms with Crippen molar-refractivity contribution in [1.82, 2.24) is 15.0 Å². The number of fused-ring (bicyclic) bond motifs is 6. The highest BCUT2D eigenvalue weighted by atomic mass is 32.1. The molecule has 0 spiro atoms. The van der Waals surface area contributed by atoms with Crippen LogP contribution in [0.4, 0.5) is 0 Å². The van der Waals surface area contributed by atoms with E-state index in [0.717, 1.165) is 76.7 Å². The fourth-order valence-corrected chi connectivity index (χ4v) is 7.28. The SMILES string of the molecule is c1ccc(-c2cc(-c3ccccc3)c3oc4cccc(-c5nc(-c6ccccn6)nc6c5sc5ccccc56)c4c3c2)cc1.